The smallest absolute Gasteiger partial charge is 0.244 e. The average Bonchev–Trinajstić information content (AvgIpc) is 2.80. The van der Waals surface area contributed by atoms with Crippen LogP contribution in [0.1, 0.15) is 38.5 Å². The molecule has 1 saturated heterocycles. The molecule has 6 heteroatoms. The molecule has 1 aromatic rings. The lowest BCUT2D eigenvalue weighted by Crippen LogP contribution is -2.41. The lowest BCUT2D eigenvalue weighted by molar-refractivity contribution is -0.144. The molecule has 1 spiro atoms. The number of hydrogen-bond donors (Lipinski definition) is 1. The van der Waals surface area contributed by atoms with Gasteiger partial charge in [0.2, 0.25) is 17.7 Å². The van der Waals surface area contributed by atoms with Crippen molar-refractivity contribution in [2.24, 2.45) is 5.41 Å². The maximum absolute atomic E-state index is 12.7. The van der Waals surface area contributed by atoms with Crippen LogP contribution in [0.2, 0.25) is 0 Å². The van der Waals surface area contributed by atoms with Crippen molar-refractivity contribution in [1.29, 1.82) is 0 Å². The number of carbonyl (C=O) groups excluding carboxylic acids is 3. The summed E-state index contributed by atoms with van der Waals surface area (Å²) in [5, 5.41) is 2.76. The summed E-state index contributed by atoms with van der Waals surface area (Å²) in [6.45, 7) is -0.200. The van der Waals surface area contributed by atoms with E-state index in [0.717, 1.165) is 42.7 Å². The average molecular weight is 343 g/mol. The number of hydrogen-bond acceptors (Lipinski definition) is 4. The molecule has 1 aliphatic heterocycles. The molecule has 2 fully saturated rings. The van der Waals surface area contributed by atoms with E-state index in [9.17, 15) is 14.4 Å². The highest BCUT2D eigenvalue weighted by Crippen LogP contribution is 2.45. The summed E-state index contributed by atoms with van der Waals surface area (Å²) in [4.78, 5) is 40.4. The van der Waals surface area contributed by atoms with E-state index >= 15 is 0 Å². The lowest BCUT2D eigenvalue weighted by Gasteiger charge is -2.30. The largest absolute Gasteiger partial charge is 0.378 e. The number of anilines is 2. The molecule has 1 N–H and O–H groups in total. The van der Waals surface area contributed by atoms with Crippen LogP contribution < -0.4 is 10.2 Å². The summed E-state index contributed by atoms with van der Waals surface area (Å²) < 4.78 is 0. The summed E-state index contributed by atoms with van der Waals surface area (Å²) in [5.41, 5.74) is 1.15. The van der Waals surface area contributed by atoms with Gasteiger partial charge >= 0.3 is 0 Å². The third-order valence-corrected chi connectivity index (χ3v) is 5.27. The van der Waals surface area contributed by atoms with Gasteiger partial charge in [-0.25, -0.2) is 0 Å². The van der Waals surface area contributed by atoms with E-state index in [1.165, 1.54) is 0 Å². The van der Waals surface area contributed by atoms with Crippen LogP contribution >= 0.6 is 0 Å². The van der Waals surface area contributed by atoms with Crippen molar-refractivity contribution >= 4 is 29.1 Å². The van der Waals surface area contributed by atoms with Crippen LogP contribution in [0.25, 0.3) is 0 Å². The van der Waals surface area contributed by atoms with E-state index in [1.54, 1.807) is 0 Å². The summed E-state index contributed by atoms with van der Waals surface area (Å²) in [6.07, 6.45) is 4.88. The van der Waals surface area contributed by atoms with Gasteiger partial charge in [0.15, 0.2) is 0 Å². The van der Waals surface area contributed by atoms with Crippen molar-refractivity contribution in [2.45, 2.75) is 38.5 Å². The first kappa shape index (κ1) is 17.5. The number of rotatable bonds is 4. The number of imide groups is 1. The van der Waals surface area contributed by atoms with Gasteiger partial charge in [0, 0.05) is 31.9 Å². The summed E-state index contributed by atoms with van der Waals surface area (Å²) in [6, 6.07) is 7.42. The van der Waals surface area contributed by atoms with Crippen LogP contribution in [0, 0.1) is 5.41 Å². The number of benzene rings is 1. The minimum atomic E-state index is -0.539. The Balaban J connectivity index is 1.62. The van der Waals surface area contributed by atoms with Gasteiger partial charge < -0.3 is 10.2 Å². The SMILES string of the molecule is CN(C)c1ccc(NC(=O)CN2C(=O)CC3(CCCCC3)C2=O)cc1. The summed E-state index contributed by atoms with van der Waals surface area (Å²) in [7, 11) is 3.89. The van der Waals surface area contributed by atoms with Crippen molar-refractivity contribution in [1.82, 2.24) is 4.90 Å². The van der Waals surface area contributed by atoms with Crippen molar-refractivity contribution < 1.29 is 14.4 Å². The first-order valence-corrected chi connectivity index (χ1v) is 8.83. The molecule has 0 unspecified atom stereocenters. The molecular weight excluding hydrogens is 318 g/mol. The molecule has 1 saturated carbocycles. The van der Waals surface area contributed by atoms with Gasteiger partial charge in [-0.15, -0.1) is 0 Å². The Hall–Kier alpha value is -2.37. The second-order valence-electron chi connectivity index (χ2n) is 7.29. The highest BCUT2D eigenvalue weighted by Gasteiger charge is 2.51. The van der Waals surface area contributed by atoms with Crippen LogP contribution in [-0.4, -0.2) is 43.3 Å². The quantitative estimate of drug-likeness (QED) is 0.853. The molecule has 3 rings (SSSR count). The predicted octanol–water partition coefficient (Wildman–Crippen LogP) is 2.40. The molecule has 2 aliphatic rings. The fraction of sp³-hybridized carbons (Fsp3) is 0.526. The van der Waals surface area contributed by atoms with Crippen LogP contribution in [0.15, 0.2) is 24.3 Å². The van der Waals surface area contributed by atoms with E-state index in [1.807, 2.05) is 43.3 Å². The highest BCUT2D eigenvalue weighted by molar-refractivity contribution is 6.09. The maximum atomic E-state index is 12.7. The number of nitrogens with zero attached hydrogens (tertiary/aromatic N) is 2. The Kier molecular flexibility index (Phi) is 4.79. The minimum Gasteiger partial charge on any atom is -0.378 e. The Labute approximate surface area is 148 Å². The van der Waals surface area contributed by atoms with Gasteiger partial charge in [-0.3, -0.25) is 19.3 Å². The van der Waals surface area contributed by atoms with E-state index in [0.29, 0.717) is 5.69 Å². The van der Waals surface area contributed by atoms with Gasteiger partial charge in [0.25, 0.3) is 0 Å². The summed E-state index contributed by atoms with van der Waals surface area (Å²) >= 11 is 0. The zero-order valence-corrected chi connectivity index (χ0v) is 14.9. The molecule has 0 aromatic heterocycles. The molecule has 6 nitrogen and oxygen atoms in total. The van der Waals surface area contributed by atoms with E-state index in [2.05, 4.69) is 5.32 Å². The Morgan fingerprint density at radius 1 is 1.12 bits per heavy atom. The maximum Gasteiger partial charge on any atom is 0.244 e. The molecule has 0 atom stereocenters. The number of nitrogens with one attached hydrogen (secondary N) is 1. The van der Waals surface area contributed by atoms with Crippen molar-refractivity contribution in [3.63, 3.8) is 0 Å². The highest BCUT2D eigenvalue weighted by atomic mass is 16.2. The first-order valence-electron chi connectivity index (χ1n) is 8.83. The fourth-order valence-corrected chi connectivity index (χ4v) is 3.83. The van der Waals surface area contributed by atoms with Crippen LogP contribution in [0.5, 0.6) is 0 Å². The number of likely N-dealkylation sites (tertiary alicyclic amines) is 1. The van der Waals surface area contributed by atoms with Gasteiger partial charge in [-0.2, -0.15) is 0 Å². The van der Waals surface area contributed by atoms with E-state index in [4.69, 9.17) is 0 Å². The third kappa shape index (κ3) is 3.52. The molecule has 134 valence electrons. The monoisotopic (exact) mass is 343 g/mol. The van der Waals surface area contributed by atoms with Crippen LogP contribution in [0.3, 0.4) is 0 Å². The molecule has 3 amide bonds. The standard InChI is InChI=1S/C19H25N3O3/c1-21(2)15-8-6-14(7-9-15)20-16(23)13-22-17(24)12-19(18(22)25)10-4-3-5-11-19/h6-9H,3-5,10-13H2,1-2H3,(H,20,23). The zero-order chi connectivity index (χ0) is 18.0. The van der Waals surface area contributed by atoms with Crippen LogP contribution in [-0.2, 0) is 14.4 Å². The van der Waals surface area contributed by atoms with Crippen molar-refractivity contribution in [2.75, 3.05) is 30.9 Å². The molecule has 1 heterocycles. The molecule has 25 heavy (non-hydrogen) atoms. The number of carbonyl (C=O) groups is 3. The molecule has 0 bridgehead atoms. The molecular formula is C19H25N3O3. The fourth-order valence-electron chi connectivity index (χ4n) is 3.83. The summed E-state index contributed by atoms with van der Waals surface area (Å²) in [5.74, 6) is -0.715. The molecule has 1 aliphatic carbocycles. The third-order valence-electron chi connectivity index (χ3n) is 5.27. The van der Waals surface area contributed by atoms with E-state index < -0.39 is 5.41 Å². The van der Waals surface area contributed by atoms with Crippen molar-refractivity contribution in [3.05, 3.63) is 24.3 Å². The lowest BCUT2D eigenvalue weighted by atomic mass is 9.73. The Morgan fingerprint density at radius 3 is 2.36 bits per heavy atom. The van der Waals surface area contributed by atoms with Gasteiger partial charge in [0.1, 0.15) is 6.54 Å². The Morgan fingerprint density at radius 2 is 1.76 bits per heavy atom. The normalized spacial score (nSPS) is 19.4. The first-order chi connectivity index (χ1) is 11.9. The second-order valence-corrected chi connectivity index (χ2v) is 7.29. The zero-order valence-electron chi connectivity index (χ0n) is 14.9. The van der Waals surface area contributed by atoms with Crippen molar-refractivity contribution in [3.8, 4) is 0 Å². The minimum absolute atomic E-state index is 0.157. The van der Waals surface area contributed by atoms with Gasteiger partial charge in [0.05, 0.1) is 5.41 Å². The molecule has 0 radical (unpaired) electrons. The second kappa shape index (κ2) is 6.86. The topological polar surface area (TPSA) is 69.7 Å². The van der Waals surface area contributed by atoms with E-state index in [-0.39, 0.29) is 30.7 Å². The van der Waals surface area contributed by atoms with Crippen LogP contribution in [0.4, 0.5) is 11.4 Å². The van der Waals surface area contributed by atoms with Gasteiger partial charge in [-0.1, -0.05) is 19.3 Å². The van der Waals surface area contributed by atoms with Gasteiger partial charge in [-0.05, 0) is 37.1 Å². The molecule has 1 aromatic carbocycles. The number of amides is 3. The predicted molar refractivity (Wildman–Crippen MR) is 96.3 cm³/mol. The Bertz CT molecular complexity index is 676.